The molecule has 150 valence electrons. The summed E-state index contributed by atoms with van der Waals surface area (Å²) in [6.45, 7) is 9.66. The summed E-state index contributed by atoms with van der Waals surface area (Å²) in [5.41, 5.74) is 4.45. The molecule has 1 amide bonds. The normalized spacial score (nSPS) is 14.9. The number of hydrogen-bond acceptors (Lipinski definition) is 3. The SMILES string of the molecule is CCCCc1ccc(CC(=O)Nc2ccccc2N2CCN(CC)CC2)cc1. The van der Waals surface area contributed by atoms with Crippen LogP contribution in [0.15, 0.2) is 48.5 Å². The number of aryl methyl sites for hydroxylation is 1. The zero-order chi connectivity index (χ0) is 19.8. The number of carbonyl (C=O) groups is 1. The Bertz CT molecular complexity index is 749. The fourth-order valence-electron chi connectivity index (χ4n) is 3.74. The van der Waals surface area contributed by atoms with Crippen LogP contribution in [0, 0.1) is 0 Å². The highest BCUT2D eigenvalue weighted by atomic mass is 16.1. The van der Waals surface area contributed by atoms with Crippen molar-refractivity contribution >= 4 is 17.3 Å². The van der Waals surface area contributed by atoms with Crippen molar-refractivity contribution in [2.24, 2.45) is 0 Å². The van der Waals surface area contributed by atoms with Crippen LogP contribution >= 0.6 is 0 Å². The molecule has 0 aliphatic carbocycles. The van der Waals surface area contributed by atoms with Crippen LogP contribution in [0.3, 0.4) is 0 Å². The second-order valence-corrected chi connectivity index (χ2v) is 7.58. The lowest BCUT2D eigenvalue weighted by molar-refractivity contribution is -0.115. The molecule has 0 aromatic heterocycles. The molecular weight excluding hydrogens is 346 g/mol. The molecule has 4 heteroatoms. The first-order chi connectivity index (χ1) is 13.7. The third kappa shape index (κ3) is 5.59. The Morgan fingerprint density at radius 3 is 2.29 bits per heavy atom. The summed E-state index contributed by atoms with van der Waals surface area (Å²) in [5, 5.41) is 3.14. The van der Waals surface area contributed by atoms with Gasteiger partial charge in [0.2, 0.25) is 5.91 Å². The van der Waals surface area contributed by atoms with E-state index in [2.05, 4.69) is 59.3 Å². The van der Waals surface area contributed by atoms with Crippen molar-refractivity contribution in [3.63, 3.8) is 0 Å². The maximum Gasteiger partial charge on any atom is 0.228 e. The number of anilines is 2. The molecule has 0 unspecified atom stereocenters. The fraction of sp³-hybridized carbons (Fsp3) is 0.458. The molecule has 0 bridgehead atoms. The number of amides is 1. The number of hydrogen-bond donors (Lipinski definition) is 1. The average molecular weight is 380 g/mol. The number of benzene rings is 2. The number of piperazine rings is 1. The van der Waals surface area contributed by atoms with Crippen molar-refractivity contribution in [3.05, 3.63) is 59.7 Å². The molecule has 1 aliphatic heterocycles. The Balaban J connectivity index is 1.60. The van der Waals surface area contributed by atoms with Gasteiger partial charge >= 0.3 is 0 Å². The Kier molecular flexibility index (Phi) is 7.49. The molecule has 3 rings (SSSR count). The molecule has 1 heterocycles. The van der Waals surface area contributed by atoms with Gasteiger partial charge in [-0.1, -0.05) is 56.7 Å². The maximum atomic E-state index is 12.6. The number of nitrogens with one attached hydrogen (secondary N) is 1. The monoisotopic (exact) mass is 379 g/mol. The van der Waals surface area contributed by atoms with Crippen LogP contribution in [-0.4, -0.2) is 43.5 Å². The highest BCUT2D eigenvalue weighted by Gasteiger charge is 2.18. The summed E-state index contributed by atoms with van der Waals surface area (Å²) >= 11 is 0. The van der Waals surface area contributed by atoms with Crippen molar-refractivity contribution in [2.45, 2.75) is 39.5 Å². The summed E-state index contributed by atoms with van der Waals surface area (Å²) in [7, 11) is 0. The highest BCUT2D eigenvalue weighted by Crippen LogP contribution is 2.26. The van der Waals surface area contributed by atoms with E-state index >= 15 is 0 Å². The lowest BCUT2D eigenvalue weighted by Gasteiger charge is -2.36. The largest absolute Gasteiger partial charge is 0.367 e. The topological polar surface area (TPSA) is 35.6 Å². The van der Waals surface area contributed by atoms with Crippen LogP contribution < -0.4 is 10.2 Å². The minimum atomic E-state index is 0.0425. The second-order valence-electron chi connectivity index (χ2n) is 7.58. The fourth-order valence-corrected chi connectivity index (χ4v) is 3.74. The molecule has 28 heavy (non-hydrogen) atoms. The van der Waals surface area contributed by atoms with Crippen LogP contribution in [0.1, 0.15) is 37.8 Å². The van der Waals surface area contributed by atoms with E-state index in [0.29, 0.717) is 6.42 Å². The number of nitrogens with zero attached hydrogens (tertiary/aromatic N) is 2. The van der Waals surface area contributed by atoms with Gasteiger partial charge in [-0.05, 0) is 42.6 Å². The predicted molar refractivity (Wildman–Crippen MR) is 118 cm³/mol. The number of unbranched alkanes of at least 4 members (excludes halogenated alkanes) is 1. The van der Waals surface area contributed by atoms with Gasteiger partial charge in [0, 0.05) is 26.2 Å². The van der Waals surface area contributed by atoms with E-state index in [1.54, 1.807) is 0 Å². The zero-order valence-electron chi connectivity index (χ0n) is 17.3. The molecule has 2 aromatic carbocycles. The van der Waals surface area contributed by atoms with Crippen LogP contribution in [0.4, 0.5) is 11.4 Å². The molecule has 1 fully saturated rings. The van der Waals surface area contributed by atoms with Gasteiger partial charge in [0.15, 0.2) is 0 Å². The quantitative estimate of drug-likeness (QED) is 0.740. The van der Waals surface area contributed by atoms with E-state index in [1.165, 1.54) is 18.4 Å². The van der Waals surface area contributed by atoms with Crippen molar-refractivity contribution < 1.29 is 4.79 Å². The molecule has 1 saturated heterocycles. The molecule has 0 saturated carbocycles. The molecule has 1 aliphatic rings. The van der Waals surface area contributed by atoms with E-state index in [4.69, 9.17) is 0 Å². The summed E-state index contributed by atoms with van der Waals surface area (Å²) in [5.74, 6) is 0.0425. The summed E-state index contributed by atoms with van der Waals surface area (Å²) in [4.78, 5) is 17.5. The standard InChI is InChI=1S/C24H33N3O/c1-3-5-8-20-11-13-21(14-12-20)19-24(28)25-22-9-6-7-10-23(22)27-17-15-26(4-2)16-18-27/h6-7,9-14H,3-5,8,15-19H2,1-2H3,(H,25,28). The number of para-hydroxylation sites is 2. The first kappa shape index (κ1) is 20.4. The van der Waals surface area contributed by atoms with Crippen LogP contribution in [-0.2, 0) is 17.6 Å². The predicted octanol–water partition coefficient (Wildman–Crippen LogP) is 4.35. The van der Waals surface area contributed by atoms with Gasteiger partial charge in [-0.2, -0.15) is 0 Å². The van der Waals surface area contributed by atoms with Crippen LogP contribution in [0.25, 0.3) is 0 Å². The van der Waals surface area contributed by atoms with E-state index in [0.717, 1.165) is 56.1 Å². The van der Waals surface area contributed by atoms with Crippen molar-refractivity contribution in [3.8, 4) is 0 Å². The highest BCUT2D eigenvalue weighted by molar-refractivity contribution is 5.95. The van der Waals surface area contributed by atoms with E-state index < -0.39 is 0 Å². The molecule has 2 aromatic rings. The minimum Gasteiger partial charge on any atom is -0.367 e. The van der Waals surface area contributed by atoms with Gasteiger partial charge < -0.3 is 15.1 Å². The number of likely N-dealkylation sites (N-methyl/N-ethyl adjacent to an activating group) is 1. The van der Waals surface area contributed by atoms with Crippen molar-refractivity contribution in [1.82, 2.24) is 4.90 Å². The molecule has 0 atom stereocenters. The number of rotatable bonds is 8. The third-order valence-electron chi connectivity index (χ3n) is 5.54. The third-order valence-corrected chi connectivity index (χ3v) is 5.54. The summed E-state index contributed by atoms with van der Waals surface area (Å²) in [6.07, 6.45) is 3.94. The smallest absolute Gasteiger partial charge is 0.228 e. The zero-order valence-corrected chi connectivity index (χ0v) is 17.3. The number of carbonyl (C=O) groups excluding carboxylic acids is 1. The molecule has 0 spiro atoms. The maximum absolute atomic E-state index is 12.6. The Morgan fingerprint density at radius 1 is 0.929 bits per heavy atom. The average Bonchev–Trinajstić information content (AvgIpc) is 2.74. The van der Waals surface area contributed by atoms with Gasteiger partial charge in [0.1, 0.15) is 0 Å². The van der Waals surface area contributed by atoms with Gasteiger partial charge in [0.25, 0.3) is 0 Å². The Morgan fingerprint density at radius 2 is 1.61 bits per heavy atom. The first-order valence-electron chi connectivity index (χ1n) is 10.6. The van der Waals surface area contributed by atoms with E-state index in [9.17, 15) is 4.79 Å². The molecule has 1 N–H and O–H groups in total. The van der Waals surface area contributed by atoms with E-state index in [-0.39, 0.29) is 5.91 Å². The molecule has 4 nitrogen and oxygen atoms in total. The van der Waals surface area contributed by atoms with Gasteiger partial charge in [-0.25, -0.2) is 0 Å². The van der Waals surface area contributed by atoms with Crippen LogP contribution in [0.2, 0.25) is 0 Å². The molecular formula is C24H33N3O. The second kappa shape index (κ2) is 10.3. The summed E-state index contributed by atoms with van der Waals surface area (Å²) in [6, 6.07) is 16.6. The van der Waals surface area contributed by atoms with Crippen LogP contribution in [0.5, 0.6) is 0 Å². The van der Waals surface area contributed by atoms with Gasteiger partial charge in [-0.3, -0.25) is 4.79 Å². The van der Waals surface area contributed by atoms with Gasteiger partial charge in [-0.15, -0.1) is 0 Å². The van der Waals surface area contributed by atoms with Gasteiger partial charge in [0.05, 0.1) is 17.8 Å². The van der Waals surface area contributed by atoms with E-state index in [1.807, 2.05) is 18.2 Å². The summed E-state index contributed by atoms with van der Waals surface area (Å²) < 4.78 is 0. The Labute approximate surface area is 169 Å². The van der Waals surface area contributed by atoms with Crippen molar-refractivity contribution in [1.29, 1.82) is 0 Å². The lowest BCUT2D eigenvalue weighted by Crippen LogP contribution is -2.46. The minimum absolute atomic E-state index is 0.0425. The lowest BCUT2D eigenvalue weighted by atomic mass is 10.0. The first-order valence-corrected chi connectivity index (χ1v) is 10.6. The van der Waals surface area contributed by atoms with Crippen molar-refractivity contribution in [2.75, 3.05) is 42.9 Å². The molecule has 0 radical (unpaired) electrons. The Hall–Kier alpha value is -2.33.